The van der Waals surface area contributed by atoms with Crippen molar-refractivity contribution < 1.29 is 14.4 Å². The molecule has 2 aromatic rings. The number of carbonyl (C=O) groups excluding carboxylic acids is 1. The number of likely N-dealkylation sites (tertiary alicyclic amines) is 1. The molecule has 1 aromatic carbocycles. The first-order valence-corrected chi connectivity index (χ1v) is 8.11. The maximum Gasteiger partial charge on any atom is 0.223 e. The number of aryl methyl sites for hydroxylation is 1. The van der Waals surface area contributed by atoms with Crippen molar-refractivity contribution in [1.29, 1.82) is 0 Å². The van der Waals surface area contributed by atoms with E-state index in [-0.39, 0.29) is 17.9 Å². The fourth-order valence-electron chi connectivity index (χ4n) is 3.12. The lowest BCUT2D eigenvalue weighted by Gasteiger charge is -2.36. The van der Waals surface area contributed by atoms with E-state index in [1.165, 1.54) is 5.56 Å². The van der Waals surface area contributed by atoms with Crippen LogP contribution >= 0.6 is 0 Å². The summed E-state index contributed by atoms with van der Waals surface area (Å²) in [5.41, 5.74) is 1.20. The predicted octanol–water partition coefficient (Wildman–Crippen LogP) is 2.06. The van der Waals surface area contributed by atoms with Crippen LogP contribution in [-0.4, -0.2) is 40.3 Å². The van der Waals surface area contributed by atoms with Gasteiger partial charge in [0.25, 0.3) is 0 Å². The highest BCUT2D eigenvalue weighted by Crippen LogP contribution is 2.22. The van der Waals surface area contributed by atoms with Crippen LogP contribution < -0.4 is 0 Å². The van der Waals surface area contributed by atoms with Crippen molar-refractivity contribution >= 4 is 5.91 Å². The van der Waals surface area contributed by atoms with E-state index in [2.05, 4.69) is 17.3 Å². The fraction of sp³-hybridized carbons (Fsp3) is 0.444. The number of hydrogen-bond acceptors (Lipinski definition) is 4. The number of carbonyl (C=O) groups is 1. The van der Waals surface area contributed by atoms with Crippen molar-refractivity contribution in [2.45, 2.75) is 31.8 Å². The largest absolute Gasteiger partial charge is 0.393 e. The van der Waals surface area contributed by atoms with E-state index in [4.69, 9.17) is 4.52 Å². The van der Waals surface area contributed by atoms with Gasteiger partial charge in [0.15, 0.2) is 0 Å². The lowest BCUT2D eigenvalue weighted by Crippen LogP contribution is -2.46. The number of amides is 1. The Morgan fingerprint density at radius 3 is 2.87 bits per heavy atom. The Labute approximate surface area is 135 Å². The second-order valence-corrected chi connectivity index (χ2v) is 6.12. The molecular weight excluding hydrogens is 292 g/mol. The van der Waals surface area contributed by atoms with Gasteiger partial charge in [0.2, 0.25) is 5.91 Å². The van der Waals surface area contributed by atoms with E-state index in [9.17, 15) is 9.90 Å². The summed E-state index contributed by atoms with van der Waals surface area (Å²) in [5, 5.41) is 13.9. The van der Waals surface area contributed by atoms with Crippen LogP contribution in [0, 0.1) is 5.92 Å². The van der Waals surface area contributed by atoms with Crippen molar-refractivity contribution in [1.82, 2.24) is 10.1 Å². The third kappa shape index (κ3) is 4.20. The number of aliphatic hydroxyl groups is 1. The SMILES string of the molecule is O=C(CCc1ccno1)N1CC[C@H](O)[C@H](Cc2ccccc2)C1. The number of rotatable bonds is 5. The Bertz CT molecular complexity index is 612. The minimum Gasteiger partial charge on any atom is -0.393 e. The van der Waals surface area contributed by atoms with Gasteiger partial charge in [0.05, 0.1) is 12.3 Å². The highest BCUT2D eigenvalue weighted by molar-refractivity contribution is 5.76. The van der Waals surface area contributed by atoms with E-state index in [1.54, 1.807) is 12.3 Å². The third-order valence-corrected chi connectivity index (χ3v) is 4.46. The van der Waals surface area contributed by atoms with Crippen LogP contribution in [0.3, 0.4) is 0 Å². The summed E-state index contributed by atoms with van der Waals surface area (Å²) in [7, 11) is 0. The smallest absolute Gasteiger partial charge is 0.223 e. The van der Waals surface area contributed by atoms with Gasteiger partial charge in [-0.15, -0.1) is 0 Å². The lowest BCUT2D eigenvalue weighted by atomic mass is 9.88. The van der Waals surface area contributed by atoms with E-state index in [0.717, 1.165) is 12.2 Å². The van der Waals surface area contributed by atoms with E-state index < -0.39 is 0 Å². The molecule has 1 N–H and O–H groups in total. The Morgan fingerprint density at radius 2 is 2.13 bits per heavy atom. The molecule has 1 amide bonds. The second-order valence-electron chi connectivity index (χ2n) is 6.12. The number of nitrogens with zero attached hydrogens (tertiary/aromatic N) is 2. The van der Waals surface area contributed by atoms with E-state index in [0.29, 0.717) is 32.4 Å². The quantitative estimate of drug-likeness (QED) is 0.917. The molecule has 3 rings (SSSR count). The molecule has 0 radical (unpaired) electrons. The molecule has 0 spiro atoms. The molecule has 1 aliphatic heterocycles. The number of benzene rings is 1. The molecule has 23 heavy (non-hydrogen) atoms. The summed E-state index contributed by atoms with van der Waals surface area (Å²) in [4.78, 5) is 14.3. The minimum absolute atomic E-state index is 0.0976. The van der Waals surface area contributed by atoms with Crippen LogP contribution in [0.15, 0.2) is 47.1 Å². The average molecular weight is 314 g/mol. The predicted molar refractivity (Wildman–Crippen MR) is 85.7 cm³/mol. The summed E-state index contributed by atoms with van der Waals surface area (Å²) in [6, 6.07) is 11.9. The average Bonchev–Trinajstić information content (AvgIpc) is 3.09. The van der Waals surface area contributed by atoms with E-state index in [1.807, 2.05) is 23.1 Å². The highest BCUT2D eigenvalue weighted by Gasteiger charge is 2.30. The Balaban J connectivity index is 1.55. The first-order valence-electron chi connectivity index (χ1n) is 8.11. The van der Waals surface area contributed by atoms with Gasteiger partial charge in [-0.25, -0.2) is 0 Å². The molecule has 1 aliphatic rings. The summed E-state index contributed by atoms with van der Waals surface area (Å²) >= 11 is 0. The molecule has 1 saturated heterocycles. The Hall–Kier alpha value is -2.14. The zero-order chi connectivity index (χ0) is 16.1. The second kappa shape index (κ2) is 7.42. The van der Waals surface area contributed by atoms with Gasteiger partial charge in [-0.2, -0.15) is 0 Å². The standard InChI is InChI=1S/C18H22N2O3/c21-17-9-11-20(18(22)7-6-16-8-10-19-23-16)13-15(17)12-14-4-2-1-3-5-14/h1-5,8,10,15,17,21H,6-7,9,11-13H2/t15-,17+/m1/s1. The minimum atomic E-state index is -0.339. The molecule has 0 saturated carbocycles. The van der Waals surface area contributed by atoms with Crippen molar-refractivity contribution in [2.24, 2.45) is 5.92 Å². The maximum absolute atomic E-state index is 12.4. The summed E-state index contributed by atoms with van der Waals surface area (Å²) in [5.74, 6) is 0.947. The first kappa shape index (κ1) is 15.7. The molecule has 1 fully saturated rings. The molecule has 2 atom stereocenters. The number of aromatic nitrogens is 1. The molecule has 0 bridgehead atoms. The van der Waals surface area contributed by atoms with Crippen LogP contribution in [0.4, 0.5) is 0 Å². The highest BCUT2D eigenvalue weighted by atomic mass is 16.5. The molecule has 122 valence electrons. The topological polar surface area (TPSA) is 66.6 Å². The van der Waals surface area contributed by atoms with Crippen LogP contribution in [-0.2, 0) is 17.6 Å². The fourth-order valence-corrected chi connectivity index (χ4v) is 3.12. The molecule has 2 heterocycles. The molecular formula is C18H22N2O3. The van der Waals surface area contributed by atoms with Gasteiger partial charge in [0, 0.05) is 37.9 Å². The van der Waals surface area contributed by atoms with Gasteiger partial charge in [-0.05, 0) is 18.4 Å². The monoisotopic (exact) mass is 314 g/mol. The zero-order valence-corrected chi connectivity index (χ0v) is 13.1. The van der Waals surface area contributed by atoms with Crippen molar-refractivity contribution in [3.8, 4) is 0 Å². The first-order chi connectivity index (χ1) is 11.2. The van der Waals surface area contributed by atoms with Crippen molar-refractivity contribution in [2.75, 3.05) is 13.1 Å². The summed E-state index contributed by atoms with van der Waals surface area (Å²) < 4.78 is 5.03. The van der Waals surface area contributed by atoms with Crippen LogP contribution in [0.5, 0.6) is 0 Å². The van der Waals surface area contributed by atoms with Gasteiger partial charge in [-0.1, -0.05) is 35.5 Å². The molecule has 5 nitrogen and oxygen atoms in total. The molecule has 5 heteroatoms. The van der Waals surface area contributed by atoms with Gasteiger partial charge in [0.1, 0.15) is 5.76 Å². The van der Waals surface area contributed by atoms with Crippen LogP contribution in [0.2, 0.25) is 0 Å². The summed E-state index contributed by atoms with van der Waals surface area (Å²) in [6.07, 6.45) is 3.69. The van der Waals surface area contributed by atoms with E-state index >= 15 is 0 Å². The van der Waals surface area contributed by atoms with Crippen LogP contribution in [0.1, 0.15) is 24.2 Å². The maximum atomic E-state index is 12.4. The number of hydrogen-bond donors (Lipinski definition) is 1. The van der Waals surface area contributed by atoms with Crippen LogP contribution in [0.25, 0.3) is 0 Å². The summed E-state index contributed by atoms with van der Waals surface area (Å²) in [6.45, 7) is 1.24. The van der Waals surface area contributed by atoms with Gasteiger partial charge in [-0.3, -0.25) is 4.79 Å². The normalized spacial score (nSPS) is 21.3. The van der Waals surface area contributed by atoms with Crippen molar-refractivity contribution in [3.05, 3.63) is 53.9 Å². The molecule has 0 unspecified atom stereocenters. The lowest BCUT2D eigenvalue weighted by molar-refractivity contribution is -0.135. The Morgan fingerprint density at radius 1 is 1.30 bits per heavy atom. The van der Waals surface area contributed by atoms with Gasteiger partial charge >= 0.3 is 0 Å². The van der Waals surface area contributed by atoms with Crippen molar-refractivity contribution in [3.63, 3.8) is 0 Å². The number of aliphatic hydroxyl groups excluding tert-OH is 1. The zero-order valence-electron chi connectivity index (χ0n) is 13.1. The third-order valence-electron chi connectivity index (χ3n) is 4.46. The van der Waals surface area contributed by atoms with Gasteiger partial charge < -0.3 is 14.5 Å². The molecule has 0 aliphatic carbocycles. The molecule has 1 aromatic heterocycles. The Kier molecular flexibility index (Phi) is 5.08. The number of piperidine rings is 1.